The monoisotopic (exact) mass is 289 g/mol. The largest absolute Gasteiger partial charge is 0.487 e. The smallest absolute Gasteiger partial charge is 0.138 e. The maximum atomic E-state index is 6.23. The molecular formula is C17H20ClNO. The molecule has 0 bridgehead atoms. The molecule has 0 saturated carbocycles. The van der Waals surface area contributed by atoms with Crippen molar-refractivity contribution in [2.45, 2.75) is 33.4 Å². The van der Waals surface area contributed by atoms with Crippen LogP contribution < -0.4 is 10.5 Å². The molecule has 0 amide bonds. The van der Waals surface area contributed by atoms with Gasteiger partial charge in [0, 0.05) is 6.04 Å². The molecule has 0 spiro atoms. The van der Waals surface area contributed by atoms with E-state index in [4.69, 9.17) is 22.1 Å². The van der Waals surface area contributed by atoms with Crippen LogP contribution in [0, 0.1) is 13.8 Å². The minimum absolute atomic E-state index is 0.0273. The summed E-state index contributed by atoms with van der Waals surface area (Å²) < 4.78 is 5.82. The summed E-state index contributed by atoms with van der Waals surface area (Å²) in [6.45, 7) is 6.61. The lowest BCUT2D eigenvalue weighted by Crippen LogP contribution is -2.05. The van der Waals surface area contributed by atoms with Gasteiger partial charge in [-0.3, -0.25) is 0 Å². The van der Waals surface area contributed by atoms with Crippen LogP contribution in [0.4, 0.5) is 0 Å². The van der Waals surface area contributed by atoms with Crippen LogP contribution in [-0.2, 0) is 6.61 Å². The maximum Gasteiger partial charge on any atom is 0.138 e. The summed E-state index contributed by atoms with van der Waals surface area (Å²) in [7, 11) is 0. The Kier molecular flexibility index (Phi) is 4.69. The van der Waals surface area contributed by atoms with Crippen molar-refractivity contribution < 1.29 is 4.74 Å². The van der Waals surface area contributed by atoms with E-state index in [1.807, 2.05) is 25.1 Å². The Morgan fingerprint density at radius 1 is 1.15 bits per heavy atom. The average Bonchev–Trinajstić information content (AvgIpc) is 2.40. The van der Waals surface area contributed by atoms with E-state index in [0.717, 1.165) is 5.56 Å². The maximum absolute atomic E-state index is 6.23. The van der Waals surface area contributed by atoms with Crippen molar-refractivity contribution in [1.82, 2.24) is 0 Å². The molecule has 0 aromatic heterocycles. The predicted octanol–water partition coefficient (Wildman–Crippen LogP) is 4.56. The summed E-state index contributed by atoms with van der Waals surface area (Å²) in [5.41, 5.74) is 10.5. The van der Waals surface area contributed by atoms with Crippen LogP contribution >= 0.6 is 11.6 Å². The molecule has 3 heteroatoms. The van der Waals surface area contributed by atoms with E-state index >= 15 is 0 Å². The van der Waals surface area contributed by atoms with Gasteiger partial charge < -0.3 is 10.5 Å². The molecule has 0 aliphatic heterocycles. The first-order valence-electron chi connectivity index (χ1n) is 6.71. The summed E-state index contributed by atoms with van der Waals surface area (Å²) in [5.74, 6) is 0.692. The Bertz CT molecular complexity index is 608. The SMILES string of the molecule is Cc1ccc(C)c(COc2ccc([C@@H](C)N)cc2Cl)c1. The summed E-state index contributed by atoms with van der Waals surface area (Å²) in [6.07, 6.45) is 0. The molecule has 2 N–H and O–H groups in total. The molecule has 106 valence electrons. The van der Waals surface area contributed by atoms with Crippen LogP contribution in [0.2, 0.25) is 5.02 Å². The number of hydrogen-bond donors (Lipinski definition) is 1. The fraction of sp³-hybridized carbons (Fsp3) is 0.294. The third-order valence-electron chi connectivity index (χ3n) is 3.37. The average molecular weight is 290 g/mol. The molecule has 0 saturated heterocycles. The minimum Gasteiger partial charge on any atom is -0.487 e. The van der Waals surface area contributed by atoms with Gasteiger partial charge in [-0.2, -0.15) is 0 Å². The van der Waals surface area contributed by atoms with Gasteiger partial charge in [0.15, 0.2) is 0 Å². The van der Waals surface area contributed by atoms with E-state index < -0.39 is 0 Å². The number of hydrogen-bond acceptors (Lipinski definition) is 2. The van der Waals surface area contributed by atoms with Crippen LogP contribution in [0.25, 0.3) is 0 Å². The van der Waals surface area contributed by atoms with Crippen molar-refractivity contribution >= 4 is 11.6 Å². The summed E-state index contributed by atoms with van der Waals surface area (Å²) in [5, 5.41) is 0.602. The van der Waals surface area contributed by atoms with Crippen molar-refractivity contribution in [1.29, 1.82) is 0 Å². The highest BCUT2D eigenvalue weighted by atomic mass is 35.5. The van der Waals surface area contributed by atoms with Crippen molar-refractivity contribution in [3.63, 3.8) is 0 Å². The van der Waals surface area contributed by atoms with E-state index in [-0.39, 0.29) is 6.04 Å². The van der Waals surface area contributed by atoms with Gasteiger partial charge in [-0.25, -0.2) is 0 Å². The molecule has 2 aromatic rings. The second-order valence-corrected chi connectivity index (χ2v) is 5.60. The Morgan fingerprint density at radius 2 is 1.90 bits per heavy atom. The minimum atomic E-state index is -0.0273. The van der Waals surface area contributed by atoms with E-state index in [0.29, 0.717) is 17.4 Å². The van der Waals surface area contributed by atoms with E-state index in [1.54, 1.807) is 0 Å². The number of aryl methyl sites for hydroxylation is 2. The van der Waals surface area contributed by atoms with Gasteiger partial charge in [0.1, 0.15) is 12.4 Å². The highest BCUT2D eigenvalue weighted by Crippen LogP contribution is 2.28. The van der Waals surface area contributed by atoms with Gasteiger partial charge in [-0.05, 0) is 49.6 Å². The number of benzene rings is 2. The number of nitrogens with two attached hydrogens (primary N) is 1. The first-order chi connectivity index (χ1) is 9.47. The van der Waals surface area contributed by atoms with E-state index in [9.17, 15) is 0 Å². The summed E-state index contributed by atoms with van der Waals surface area (Å²) in [6, 6.07) is 12.0. The summed E-state index contributed by atoms with van der Waals surface area (Å²) >= 11 is 6.23. The van der Waals surface area contributed by atoms with Crippen LogP contribution in [0.1, 0.15) is 35.2 Å². The third-order valence-corrected chi connectivity index (χ3v) is 3.66. The third kappa shape index (κ3) is 3.53. The molecule has 1 atom stereocenters. The molecule has 2 rings (SSSR count). The molecule has 0 aliphatic carbocycles. The van der Waals surface area contributed by atoms with Gasteiger partial charge in [0.25, 0.3) is 0 Å². The Hall–Kier alpha value is -1.51. The highest BCUT2D eigenvalue weighted by Gasteiger charge is 2.07. The lowest BCUT2D eigenvalue weighted by Gasteiger charge is -2.13. The van der Waals surface area contributed by atoms with Crippen molar-refractivity contribution in [3.05, 3.63) is 63.7 Å². The van der Waals surface area contributed by atoms with Gasteiger partial charge in [-0.15, -0.1) is 0 Å². The number of ether oxygens (including phenoxy) is 1. The molecule has 0 unspecified atom stereocenters. The van der Waals surface area contributed by atoms with Crippen molar-refractivity contribution in [3.8, 4) is 5.75 Å². The van der Waals surface area contributed by atoms with Crippen LogP contribution in [-0.4, -0.2) is 0 Å². The topological polar surface area (TPSA) is 35.2 Å². The van der Waals surface area contributed by atoms with Crippen LogP contribution in [0.5, 0.6) is 5.75 Å². The number of halogens is 1. The van der Waals surface area contributed by atoms with E-state index in [2.05, 4.69) is 32.0 Å². The van der Waals surface area contributed by atoms with Crippen LogP contribution in [0.3, 0.4) is 0 Å². The second kappa shape index (κ2) is 6.29. The molecule has 2 nitrogen and oxygen atoms in total. The fourth-order valence-electron chi connectivity index (χ4n) is 2.03. The molecular weight excluding hydrogens is 270 g/mol. The zero-order valence-electron chi connectivity index (χ0n) is 12.1. The van der Waals surface area contributed by atoms with Crippen molar-refractivity contribution in [2.24, 2.45) is 5.73 Å². The molecule has 0 aliphatic rings. The Morgan fingerprint density at radius 3 is 2.55 bits per heavy atom. The van der Waals surface area contributed by atoms with Gasteiger partial charge >= 0.3 is 0 Å². The van der Waals surface area contributed by atoms with Gasteiger partial charge in [-0.1, -0.05) is 41.4 Å². The second-order valence-electron chi connectivity index (χ2n) is 5.20. The first kappa shape index (κ1) is 14.9. The lowest BCUT2D eigenvalue weighted by molar-refractivity contribution is 0.305. The normalized spacial score (nSPS) is 12.2. The standard InChI is InChI=1S/C17H20ClNO/c1-11-4-5-12(2)15(8-11)10-20-17-7-6-14(13(3)19)9-16(17)18/h4-9,13H,10,19H2,1-3H3/t13-/m1/s1. The molecule has 2 aromatic carbocycles. The molecule has 20 heavy (non-hydrogen) atoms. The first-order valence-corrected chi connectivity index (χ1v) is 7.09. The van der Waals surface area contributed by atoms with Gasteiger partial charge in [0.05, 0.1) is 5.02 Å². The zero-order valence-corrected chi connectivity index (χ0v) is 12.9. The Labute approximate surface area is 125 Å². The fourth-order valence-corrected chi connectivity index (χ4v) is 2.27. The van der Waals surface area contributed by atoms with Crippen molar-refractivity contribution in [2.75, 3.05) is 0 Å². The summed E-state index contributed by atoms with van der Waals surface area (Å²) in [4.78, 5) is 0. The zero-order chi connectivity index (χ0) is 14.7. The van der Waals surface area contributed by atoms with Gasteiger partial charge in [0.2, 0.25) is 0 Å². The Balaban J connectivity index is 2.13. The molecule has 0 heterocycles. The van der Waals surface area contributed by atoms with E-state index in [1.165, 1.54) is 16.7 Å². The quantitative estimate of drug-likeness (QED) is 0.896. The number of rotatable bonds is 4. The predicted molar refractivity (Wildman–Crippen MR) is 84.3 cm³/mol. The molecule has 0 radical (unpaired) electrons. The van der Waals surface area contributed by atoms with Crippen LogP contribution in [0.15, 0.2) is 36.4 Å². The highest BCUT2D eigenvalue weighted by molar-refractivity contribution is 6.32. The molecule has 0 fully saturated rings. The lowest BCUT2D eigenvalue weighted by atomic mass is 10.1.